The van der Waals surface area contributed by atoms with Crippen LogP contribution in [0.25, 0.3) is 0 Å². The lowest BCUT2D eigenvalue weighted by molar-refractivity contribution is 0.172. The fourth-order valence-corrected chi connectivity index (χ4v) is 2.91. The van der Waals surface area contributed by atoms with Gasteiger partial charge in [0.15, 0.2) is 0 Å². The lowest BCUT2D eigenvalue weighted by Crippen LogP contribution is -2.45. The normalized spacial score (nSPS) is 24.5. The summed E-state index contributed by atoms with van der Waals surface area (Å²) in [6.07, 6.45) is 9.52. The van der Waals surface area contributed by atoms with Crippen LogP contribution in [0.4, 0.5) is 0 Å². The molecule has 2 atom stereocenters. The Kier molecular flexibility index (Phi) is 7.87. The minimum Gasteiger partial charge on any atom is -0.313 e. The molecule has 1 fully saturated rings. The van der Waals surface area contributed by atoms with E-state index in [0.717, 1.165) is 6.04 Å². The van der Waals surface area contributed by atoms with E-state index in [2.05, 4.69) is 31.0 Å². The number of nitrogens with one attached hydrogen (secondary N) is 1. The summed E-state index contributed by atoms with van der Waals surface area (Å²) in [5, 5.41) is 3.69. The van der Waals surface area contributed by atoms with Gasteiger partial charge in [0, 0.05) is 18.6 Å². The van der Waals surface area contributed by atoms with Crippen molar-refractivity contribution in [2.24, 2.45) is 0 Å². The van der Waals surface area contributed by atoms with Crippen LogP contribution in [-0.2, 0) is 0 Å². The van der Waals surface area contributed by atoms with Crippen molar-refractivity contribution >= 4 is 0 Å². The van der Waals surface area contributed by atoms with Crippen molar-refractivity contribution in [3.8, 4) is 0 Å². The second kappa shape index (κ2) is 8.93. The molecule has 1 N–H and O–H groups in total. The van der Waals surface area contributed by atoms with E-state index >= 15 is 0 Å². The van der Waals surface area contributed by atoms with Crippen LogP contribution < -0.4 is 5.32 Å². The second-order valence-electron chi connectivity index (χ2n) is 5.47. The maximum absolute atomic E-state index is 3.69. The molecule has 102 valence electrons. The lowest BCUT2D eigenvalue weighted by Gasteiger charge is -2.32. The molecule has 0 amide bonds. The zero-order chi connectivity index (χ0) is 12.5. The topological polar surface area (TPSA) is 15.3 Å². The number of nitrogens with zero attached hydrogens (tertiary/aromatic N) is 1. The molecule has 0 aromatic rings. The predicted octanol–water partition coefficient (Wildman–Crippen LogP) is 3.42. The van der Waals surface area contributed by atoms with Crippen molar-refractivity contribution < 1.29 is 0 Å². The molecule has 2 nitrogen and oxygen atoms in total. The van der Waals surface area contributed by atoms with Crippen LogP contribution in [0.5, 0.6) is 0 Å². The summed E-state index contributed by atoms with van der Waals surface area (Å²) in [7, 11) is 0. The third kappa shape index (κ3) is 5.39. The van der Waals surface area contributed by atoms with Gasteiger partial charge in [-0.1, -0.05) is 33.6 Å². The maximum atomic E-state index is 3.69. The van der Waals surface area contributed by atoms with E-state index in [0.29, 0.717) is 6.04 Å². The van der Waals surface area contributed by atoms with Gasteiger partial charge in [-0.2, -0.15) is 0 Å². The molecule has 0 aromatic heterocycles. The van der Waals surface area contributed by atoms with E-state index in [4.69, 9.17) is 0 Å². The Morgan fingerprint density at radius 3 is 2.65 bits per heavy atom. The molecule has 17 heavy (non-hydrogen) atoms. The van der Waals surface area contributed by atoms with Crippen molar-refractivity contribution in [2.75, 3.05) is 19.6 Å². The molecule has 1 aliphatic heterocycles. The molecule has 1 aliphatic rings. The first-order valence-corrected chi connectivity index (χ1v) is 7.79. The van der Waals surface area contributed by atoms with Gasteiger partial charge in [-0.15, -0.1) is 0 Å². The highest BCUT2D eigenvalue weighted by molar-refractivity contribution is 4.79. The van der Waals surface area contributed by atoms with Gasteiger partial charge in [0.05, 0.1) is 0 Å². The lowest BCUT2D eigenvalue weighted by atomic mass is 10.1. The van der Waals surface area contributed by atoms with Crippen molar-refractivity contribution in [1.82, 2.24) is 10.2 Å². The van der Waals surface area contributed by atoms with Gasteiger partial charge in [0.25, 0.3) is 0 Å². The van der Waals surface area contributed by atoms with E-state index in [-0.39, 0.29) is 0 Å². The first-order valence-electron chi connectivity index (χ1n) is 7.79. The van der Waals surface area contributed by atoms with Crippen LogP contribution in [0.2, 0.25) is 0 Å². The van der Waals surface area contributed by atoms with Crippen molar-refractivity contribution in [1.29, 1.82) is 0 Å². The minimum atomic E-state index is 0.696. The van der Waals surface area contributed by atoms with Crippen LogP contribution in [0.1, 0.15) is 65.7 Å². The van der Waals surface area contributed by atoms with E-state index in [1.165, 1.54) is 64.6 Å². The second-order valence-corrected chi connectivity index (χ2v) is 5.47. The summed E-state index contributed by atoms with van der Waals surface area (Å²) in [5.74, 6) is 0. The van der Waals surface area contributed by atoms with Crippen LogP contribution in [0.15, 0.2) is 0 Å². The molecule has 1 heterocycles. The maximum Gasteiger partial charge on any atom is 0.0192 e. The van der Waals surface area contributed by atoms with Gasteiger partial charge in [-0.3, -0.25) is 4.90 Å². The Morgan fingerprint density at radius 2 is 2.00 bits per heavy atom. The summed E-state index contributed by atoms with van der Waals surface area (Å²) in [4.78, 5) is 2.75. The molecule has 1 rings (SSSR count). The molecule has 0 radical (unpaired) electrons. The molecule has 1 saturated heterocycles. The molecule has 0 aromatic carbocycles. The Morgan fingerprint density at radius 1 is 1.18 bits per heavy atom. The first-order chi connectivity index (χ1) is 8.31. The average Bonchev–Trinajstić information content (AvgIpc) is 2.59. The van der Waals surface area contributed by atoms with Gasteiger partial charge in [0.2, 0.25) is 0 Å². The summed E-state index contributed by atoms with van der Waals surface area (Å²) in [5.41, 5.74) is 0. The van der Waals surface area contributed by atoms with Gasteiger partial charge >= 0.3 is 0 Å². The van der Waals surface area contributed by atoms with Crippen LogP contribution in [0.3, 0.4) is 0 Å². The Labute approximate surface area is 108 Å². The standard InChI is InChI=1S/C15H32N2/c1-4-11-16-14(5-2)13-17-12-9-7-8-10-15(17)6-3/h14-16H,4-13H2,1-3H3. The van der Waals surface area contributed by atoms with E-state index in [1.54, 1.807) is 0 Å². The first kappa shape index (κ1) is 15.0. The molecule has 0 spiro atoms. The number of hydrogen-bond acceptors (Lipinski definition) is 2. The zero-order valence-electron chi connectivity index (χ0n) is 12.2. The summed E-state index contributed by atoms with van der Waals surface area (Å²) in [6, 6.07) is 1.54. The minimum absolute atomic E-state index is 0.696. The van der Waals surface area contributed by atoms with Crippen LogP contribution in [0, 0.1) is 0 Å². The van der Waals surface area contributed by atoms with E-state index in [9.17, 15) is 0 Å². The highest BCUT2D eigenvalue weighted by Crippen LogP contribution is 2.19. The summed E-state index contributed by atoms with van der Waals surface area (Å²) < 4.78 is 0. The van der Waals surface area contributed by atoms with Crippen molar-refractivity contribution in [2.45, 2.75) is 77.8 Å². The fourth-order valence-electron chi connectivity index (χ4n) is 2.91. The third-order valence-corrected chi connectivity index (χ3v) is 4.10. The average molecular weight is 240 g/mol. The highest BCUT2D eigenvalue weighted by Gasteiger charge is 2.21. The van der Waals surface area contributed by atoms with E-state index < -0.39 is 0 Å². The molecule has 0 saturated carbocycles. The van der Waals surface area contributed by atoms with E-state index in [1.807, 2.05) is 0 Å². The number of likely N-dealkylation sites (tertiary alicyclic amines) is 1. The van der Waals surface area contributed by atoms with Crippen molar-refractivity contribution in [3.63, 3.8) is 0 Å². The molecular formula is C15H32N2. The zero-order valence-corrected chi connectivity index (χ0v) is 12.2. The molecule has 2 unspecified atom stereocenters. The fraction of sp³-hybridized carbons (Fsp3) is 1.00. The Bertz CT molecular complexity index is 182. The van der Waals surface area contributed by atoms with Gasteiger partial charge in [-0.25, -0.2) is 0 Å². The van der Waals surface area contributed by atoms with Crippen molar-refractivity contribution in [3.05, 3.63) is 0 Å². The monoisotopic (exact) mass is 240 g/mol. The number of rotatable bonds is 7. The van der Waals surface area contributed by atoms with Gasteiger partial charge < -0.3 is 5.32 Å². The quantitative estimate of drug-likeness (QED) is 0.733. The van der Waals surface area contributed by atoms with Crippen LogP contribution >= 0.6 is 0 Å². The molecule has 2 heteroatoms. The van der Waals surface area contributed by atoms with Gasteiger partial charge in [-0.05, 0) is 45.2 Å². The Balaban J connectivity index is 2.43. The predicted molar refractivity (Wildman–Crippen MR) is 76.5 cm³/mol. The largest absolute Gasteiger partial charge is 0.313 e. The summed E-state index contributed by atoms with van der Waals surface area (Å²) in [6.45, 7) is 10.7. The third-order valence-electron chi connectivity index (χ3n) is 4.10. The smallest absolute Gasteiger partial charge is 0.0192 e. The number of hydrogen-bond donors (Lipinski definition) is 1. The SMILES string of the molecule is CCCNC(CC)CN1CCCCCC1CC. The summed E-state index contributed by atoms with van der Waals surface area (Å²) >= 11 is 0. The molecule has 0 bridgehead atoms. The molecule has 0 aliphatic carbocycles. The highest BCUT2D eigenvalue weighted by atomic mass is 15.2. The Hall–Kier alpha value is -0.0800. The van der Waals surface area contributed by atoms with Gasteiger partial charge in [0.1, 0.15) is 0 Å². The molecular weight excluding hydrogens is 208 g/mol. The van der Waals surface area contributed by atoms with Crippen LogP contribution in [-0.4, -0.2) is 36.6 Å².